The van der Waals surface area contributed by atoms with Crippen molar-refractivity contribution >= 4 is 0 Å². The van der Waals surface area contributed by atoms with E-state index >= 15 is 0 Å². The maximum absolute atomic E-state index is 9.50. The van der Waals surface area contributed by atoms with Crippen molar-refractivity contribution < 1.29 is 14.6 Å². The number of hydrogen-bond donors (Lipinski definition) is 1. The Morgan fingerprint density at radius 1 is 1.27 bits per heavy atom. The van der Waals surface area contributed by atoms with Crippen LogP contribution >= 0.6 is 0 Å². The lowest BCUT2D eigenvalue weighted by Crippen LogP contribution is -2.37. The Bertz CT molecular complexity index is 377. The van der Waals surface area contributed by atoms with Gasteiger partial charge in [-0.15, -0.1) is 0 Å². The van der Waals surface area contributed by atoms with E-state index in [2.05, 4.69) is 19.1 Å². The van der Waals surface area contributed by atoms with Crippen LogP contribution in [0, 0.1) is 0 Å². The molecule has 2 aliphatic heterocycles. The molecule has 0 spiro atoms. The van der Waals surface area contributed by atoms with E-state index in [0.717, 1.165) is 5.56 Å². The molecule has 3 heteroatoms. The van der Waals surface area contributed by atoms with Crippen LogP contribution in [0.1, 0.15) is 30.3 Å². The van der Waals surface area contributed by atoms with Crippen molar-refractivity contribution in [1.82, 2.24) is 0 Å². The predicted octanol–water partition coefficient (Wildman–Crippen LogP) is 1.58. The van der Waals surface area contributed by atoms with Gasteiger partial charge in [-0.05, 0) is 18.1 Å². The van der Waals surface area contributed by atoms with Crippen molar-refractivity contribution in [1.29, 1.82) is 0 Å². The minimum Gasteiger partial charge on any atom is -0.388 e. The third-order valence-electron chi connectivity index (χ3n) is 3.07. The van der Waals surface area contributed by atoms with Crippen LogP contribution in [-0.4, -0.2) is 23.9 Å². The fourth-order valence-corrected chi connectivity index (χ4v) is 2.05. The van der Waals surface area contributed by atoms with Gasteiger partial charge >= 0.3 is 0 Å². The number of aliphatic hydroxyl groups excluding tert-OH is 1. The van der Waals surface area contributed by atoms with Gasteiger partial charge in [0.15, 0.2) is 0 Å². The molecule has 2 aliphatic rings. The van der Waals surface area contributed by atoms with E-state index in [1.54, 1.807) is 0 Å². The second kappa shape index (κ2) is 3.30. The molecule has 0 radical (unpaired) electrons. The van der Waals surface area contributed by atoms with Crippen LogP contribution in [0.2, 0.25) is 0 Å². The van der Waals surface area contributed by atoms with Crippen molar-refractivity contribution in [2.75, 3.05) is 6.61 Å². The van der Waals surface area contributed by atoms with E-state index in [0.29, 0.717) is 12.7 Å². The molecule has 1 aromatic rings. The summed E-state index contributed by atoms with van der Waals surface area (Å²) in [6.07, 6.45) is 0.0754. The molecule has 2 unspecified atom stereocenters. The van der Waals surface area contributed by atoms with Crippen LogP contribution in [0.15, 0.2) is 24.3 Å². The lowest BCUT2D eigenvalue weighted by molar-refractivity contribution is -0.165. The van der Waals surface area contributed by atoms with Gasteiger partial charge < -0.3 is 14.6 Å². The van der Waals surface area contributed by atoms with Crippen molar-refractivity contribution in [3.8, 4) is 0 Å². The standard InChI is InChI=1S/C12H14O3/c1-7-11(15-7)8-3-2-4-9(5-8)12-10(13)6-14-12/h2-5,7,10-13H,6H2,1H3/t7-,10?,11-,12?/m1/s1. The zero-order valence-electron chi connectivity index (χ0n) is 8.59. The smallest absolute Gasteiger partial charge is 0.111 e. The zero-order chi connectivity index (χ0) is 10.4. The highest BCUT2D eigenvalue weighted by atomic mass is 16.6. The molecule has 4 atom stereocenters. The quantitative estimate of drug-likeness (QED) is 0.747. The molecule has 2 saturated heterocycles. The number of ether oxygens (including phenoxy) is 2. The van der Waals surface area contributed by atoms with Gasteiger partial charge in [-0.1, -0.05) is 24.3 Å². The topological polar surface area (TPSA) is 42.0 Å². The molecular weight excluding hydrogens is 192 g/mol. The van der Waals surface area contributed by atoms with Crippen LogP contribution in [0.25, 0.3) is 0 Å². The van der Waals surface area contributed by atoms with E-state index in [9.17, 15) is 5.11 Å². The summed E-state index contributed by atoms with van der Waals surface area (Å²) in [6.45, 7) is 2.51. The Kier molecular flexibility index (Phi) is 2.06. The van der Waals surface area contributed by atoms with E-state index in [4.69, 9.17) is 9.47 Å². The van der Waals surface area contributed by atoms with Crippen molar-refractivity contribution in [2.24, 2.45) is 0 Å². The third-order valence-corrected chi connectivity index (χ3v) is 3.07. The molecule has 0 amide bonds. The predicted molar refractivity (Wildman–Crippen MR) is 54.4 cm³/mol. The summed E-state index contributed by atoms with van der Waals surface area (Å²) < 4.78 is 10.7. The molecule has 0 aromatic heterocycles. The zero-order valence-corrected chi connectivity index (χ0v) is 8.59. The molecule has 1 aromatic carbocycles. The summed E-state index contributed by atoms with van der Waals surface area (Å²) in [5.41, 5.74) is 2.23. The summed E-state index contributed by atoms with van der Waals surface area (Å²) in [7, 11) is 0. The Hall–Kier alpha value is -0.900. The molecule has 0 saturated carbocycles. The SMILES string of the molecule is C[C@H]1O[C@H]1c1cccc(C2OCC2O)c1. The maximum atomic E-state index is 9.50. The van der Waals surface area contributed by atoms with E-state index in [-0.39, 0.29) is 18.3 Å². The van der Waals surface area contributed by atoms with Crippen LogP contribution in [-0.2, 0) is 9.47 Å². The number of aliphatic hydroxyl groups is 1. The summed E-state index contributed by atoms with van der Waals surface area (Å²) in [6, 6.07) is 8.11. The Morgan fingerprint density at radius 2 is 1.93 bits per heavy atom. The highest BCUT2D eigenvalue weighted by molar-refractivity contribution is 5.30. The number of benzene rings is 1. The lowest BCUT2D eigenvalue weighted by Gasteiger charge is -2.33. The van der Waals surface area contributed by atoms with Crippen LogP contribution < -0.4 is 0 Å². The molecule has 1 N–H and O–H groups in total. The van der Waals surface area contributed by atoms with Crippen LogP contribution in [0.3, 0.4) is 0 Å². The molecule has 0 bridgehead atoms. The largest absolute Gasteiger partial charge is 0.388 e. The summed E-state index contributed by atoms with van der Waals surface area (Å²) >= 11 is 0. The van der Waals surface area contributed by atoms with Crippen molar-refractivity contribution in [3.05, 3.63) is 35.4 Å². The highest BCUT2D eigenvalue weighted by Gasteiger charge is 2.37. The van der Waals surface area contributed by atoms with E-state index < -0.39 is 0 Å². The van der Waals surface area contributed by atoms with Crippen molar-refractivity contribution in [2.45, 2.75) is 31.3 Å². The second-order valence-corrected chi connectivity index (χ2v) is 4.25. The highest BCUT2D eigenvalue weighted by Crippen LogP contribution is 2.40. The fourth-order valence-electron chi connectivity index (χ4n) is 2.05. The third kappa shape index (κ3) is 1.57. The van der Waals surface area contributed by atoms with Crippen LogP contribution in [0.5, 0.6) is 0 Å². The summed E-state index contributed by atoms with van der Waals surface area (Å²) in [4.78, 5) is 0. The summed E-state index contributed by atoms with van der Waals surface area (Å²) in [5.74, 6) is 0. The van der Waals surface area contributed by atoms with Gasteiger partial charge in [-0.25, -0.2) is 0 Å². The summed E-state index contributed by atoms with van der Waals surface area (Å²) in [5, 5.41) is 9.50. The van der Waals surface area contributed by atoms with Crippen LogP contribution in [0.4, 0.5) is 0 Å². The van der Waals surface area contributed by atoms with Gasteiger partial charge in [0.2, 0.25) is 0 Å². The van der Waals surface area contributed by atoms with Gasteiger partial charge in [0, 0.05) is 0 Å². The Morgan fingerprint density at radius 3 is 2.40 bits per heavy atom. The minimum atomic E-state index is -0.349. The Labute approximate surface area is 88.6 Å². The maximum Gasteiger partial charge on any atom is 0.111 e. The Balaban J connectivity index is 1.83. The van der Waals surface area contributed by atoms with Gasteiger partial charge in [-0.3, -0.25) is 0 Å². The monoisotopic (exact) mass is 206 g/mol. The van der Waals surface area contributed by atoms with Gasteiger partial charge in [0.25, 0.3) is 0 Å². The minimum absolute atomic E-state index is 0.140. The van der Waals surface area contributed by atoms with E-state index in [1.165, 1.54) is 5.56 Å². The van der Waals surface area contributed by atoms with Gasteiger partial charge in [0.05, 0.1) is 12.7 Å². The van der Waals surface area contributed by atoms with Gasteiger partial charge in [0.1, 0.15) is 18.3 Å². The molecular formula is C12H14O3. The molecule has 15 heavy (non-hydrogen) atoms. The molecule has 0 aliphatic carbocycles. The second-order valence-electron chi connectivity index (χ2n) is 4.25. The number of epoxide rings is 1. The first-order valence-electron chi connectivity index (χ1n) is 5.30. The van der Waals surface area contributed by atoms with Crippen molar-refractivity contribution in [3.63, 3.8) is 0 Å². The number of rotatable bonds is 2. The fraction of sp³-hybridized carbons (Fsp3) is 0.500. The van der Waals surface area contributed by atoms with Gasteiger partial charge in [-0.2, -0.15) is 0 Å². The molecule has 2 fully saturated rings. The van der Waals surface area contributed by atoms with E-state index in [1.807, 2.05) is 12.1 Å². The first kappa shape index (κ1) is 9.33. The molecule has 3 nitrogen and oxygen atoms in total. The molecule has 2 heterocycles. The molecule has 80 valence electrons. The first-order chi connectivity index (χ1) is 7.25. The average Bonchev–Trinajstić information content (AvgIpc) is 2.94. The molecule has 3 rings (SSSR count). The number of hydrogen-bond acceptors (Lipinski definition) is 3. The average molecular weight is 206 g/mol. The lowest BCUT2D eigenvalue weighted by atomic mass is 9.97. The first-order valence-corrected chi connectivity index (χ1v) is 5.30. The normalized spacial score (nSPS) is 38.5.